The maximum Gasteiger partial charge on any atom is 0.265 e. The third-order valence-corrected chi connectivity index (χ3v) is 3.47. The van der Waals surface area contributed by atoms with Gasteiger partial charge in [-0.3, -0.25) is 4.79 Å². The summed E-state index contributed by atoms with van der Waals surface area (Å²) in [4.78, 5) is 18.5. The Morgan fingerprint density at radius 2 is 2.39 bits per heavy atom. The van der Waals surface area contributed by atoms with Gasteiger partial charge in [-0.05, 0) is 6.42 Å². The molecule has 0 aliphatic rings. The Morgan fingerprint density at radius 1 is 1.67 bits per heavy atom. The van der Waals surface area contributed by atoms with Gasteiger partial charge in [-0.2, -0.15) is 0 Å². The van der Waals surface area contributed by atoms with E-state index < -0.39 is 0 Å². The van der Waals surface area contributed by atoms with Crippen LogP contribution in [0.3, 0.4) is 0 Å². The molecule has 6 heteroatoms. The van der Waals surface area contributed by atoms with Gasteiger partial charge in [-0.15, -0.1) is 12.3 Å². The Labute approximate surface area is 111 Å². The summed E-state index contributed by atoms with van der Waals surface area (Å²) in [6.07, 6.45) is 6.64. The van der Waals surface area contributed by atoms with Crippen molar-refractivity contribution in [3.05, 3.63) is 4.88 Å². The fourth-order valence-electron chi connectivity index (χ4n) is 1.41. The minimum atomic E-state index is -0.212. The van der Waals surface area contributed by atoms with Crippen molar-refractivity contribution in [2.45, 2.75) is 19.8 Å². The SMILES string of the molecule is C#CCCNC(=O)c1sc(N(C)CCC)nc1N. The van der Waals surface area contributed by atoms with Crippen LogP contribution in [0.4, 0.5) is 10.9 Å². The molecule has 1 aromatic rings. The predicted molar refractivity (Wildman–Crippen MR) is 75.9 cm³/mol. The van der Waals surface area contributed by atoms with Gasteiger partial charge < -0.3 is 16.0 Å². The number of anilines is 2. The highest BCUT2D eigenvalue weighted by molar-refractivity contribution is 7.18. The molecule has 98 valence electrons. The highest BCUT2D eigenvalue weighted by Gasteiger charge is 2.17. The van der Waals surface area contributed by atoms with E-state index in [1.807, 2.05) is 11.9 Å². The van der Waals surface area contributed by atoms with E-state index >= 15 is 0 Å². The molecule has 1 amide bonds. The highest BCUT2D eigenvalue weighted by Crippen LogP contribution is 2.27. The number of hydrogen-bond donors (Lipinski definition) is 2. The van der Waals surface area contributed by atoms with Crippen LogP contribution in [0.1, 0.15) is 29.4 Å². The van der Waals surface area contributed by atoms with Crippen LogP contribution in [-0.4, -0.2) is 31.0 Å². The Hall–Kier alpha value is -1.74. The molecule has 0 aliphatic heterocycles. The number of rotatable bonds is 6. The van der Waals surface area contributed by atoms with E-state index in [0.717, 1.165) is 18.1 Å². The van der Waals surface area contributed by atoms with E-state index in [0.29, 0.717) is 17.8 Å². The number of nitrogens with zero attached hydrogens (tertiary/aromatic N) is 2. The van der Waals surface area contributed by atoms with E-state index in [2.05, 4.69) is 23.1 Å². The second-order valence-electron chi connectivity index (χ2n) is 3.84. The topological polar surface area (TPSA) is 71.2 Å². The normalized spacial score (nSPS) is 9.83. The largest absolute Gasteiger partial charge is 0.382 e. The molecule has 0 bridgehead atoms. The van der Waals surface area contributed by atoms with Crippen LogP contribution in [0.15, 0.2) is 0 Å². The third kappa shape index (κ3) is 3.64. The van der Waals surface area contributed by atoms with Crippen LogP contribution in [0.5, 0.6) is 0 Å². The standard InChI is InChI=1S/C12H18N4OS/c1-4-6-7-14-11(17)9-10(13)15-12(18-9)16(3)8-5-2/h1H,5-8,13H2,2-3H3,(H,14,17). The number of carbonyl (C=O) groups is 1. The predicted octanol–water partition coefficient (Wildman–Crippen LogP) is 1.32. The molecular weight excluding hydrogens is 248 g/mol. The lowest BCUT2D eigenvalue weighted by atomic mass is 10.4. The Bertz CT molecular complexity index is 449. The van der Waals surface area contributed by atoms with E-state index in [1.165, 1.54) is 11.3 Å². The van der Waals surface area contributed by atoms with Gasteiger partial charge in [0.05, 0.1) is 0 Å². The van der Waals surface area contributed by atoms with Crippen LogP contribution in [-0.2, 0) is 0 Å². The summed E-state index contributed by atoms with van der Waals surface area (Å²) >= 11 is 1.30. The van der Waals surface area contributed by atoms with E-state index in [-0.39, 0.29) is 11.7 Å². The first-order valence-electron chi connectivity index (χ1n) is 5.79. The number of amides is 1. The smallest absolute Gasteiger partial charge is 0.265 e. The number of carbonyl (C=O) groups excluding carboxylic acids is 1. The van der Waals surface area contributed by atoms with Crippen molar-refractivity contribution in [3.63, 3.8) is 0 Å². The molecule has 18 heavy (non-hydrogen) atoms. The van der Waals surface area contributed by atoms with Crippen molar-refractivity contribution >= 4 is 28.2 Å². The fraction of sp³-hybridized carbons (Fsp3) is 0.500. The number of aromatic nitrogens is 1. The van der Waals surface area contributed by atoms with Gasteiger partial charge in [0.1, 0.15) is 10.7 Å². The minimum Gasteiger partial charge on any atom is -0.382 e. The van der Waals surface area contributed by atoms with E-state index in [1.54, 1.807) is 0 Å². The molecule has 5 nitrogen and oxygen atoms in total. The van der Waals surface area contributed by atoms with Crippen molar-refractivity contribution in [2.75, 3.05) is 30.8 Å². The van der Waals surface area contributed by atoms with Crippen LogP contribution >= 0.6 is 11.3 Å². The third-order valence-electron chi connectivity index (χ3n) is 2.29. The molecule has 1 aromatic heterocycles. The van der Waals surface area contributed by atoms with Gasteiger partial charge >= 0.3 is 0 Å². The van der Waals surface area contributed by atoms with Crippen molar-refractivity contribution in [3.8, 4) is 12.3 Å². The number of hydrogen-bond acceptors (Lipinski definition) is 5. The summed E-state index contributed by atoms with van der Waals surface area (Å²) in [6, 6.07) is 0. The summed E-state index contributed by atoms with van der Waals surface area (Å²) in [5.41, 5.74) is 5.75. The van der Waals surface area contributed by atoms with Gasteiger partial charge in [-0.25, -0.2) is 4.98 Å². The average Bonchev–Trinajstić information content (AvgIpc) is 2.72. The molecule has 3 N–H and O–H groups in total. The highest BCUT2D eigenvalue weighted by atomic mass is 32.1. The molecule has 0 spiro atoms. The van der Waals surface area contributed by atoms with E-state index in [4.69, 9.17) is 12.2 Å². The fourth-order valence-corrected chi connectivity index (χ4v) is 2.29. The van der Waals surface area contributed by atoms with Crippen LogP contribution < -0.4 is 16.0 Å². The minimum absolute atomic E-state index is 0.212. The summed E-state index contributed by atoms with van der Waals surface area (Å²) < 4.78 is 0. The first-order chi connectivity index (χ1) is 8.60. The van der Waals surface area contributed by atoms with Crippen LogP contribution in [0.25, 0.3) is 0 Å². The number of thiazole rings is 1. The summed E-state index contributed by atoms with van der Waals surface area (Å²) in [5, 5.41) is 3.48. The summed E-state index contributed by atoms with van der Waals surface area (Å²) in [7, 11) is 1.93. The first kappa shape index (κ1) is 14.3. The maximum atomic E-state index is 11.8. The second kappa shape index (κ2) is 6.87. The first-order valence-corrected chi connectivity index (χ1v) is 6.60. The Kier molecular flexibility index (Phi) is 5.46. The molecule has 0 saturated carbocycles. The van der Waals surface area contributed by atoms with Crippen LogP contribution in [0.2, 0.25) is 0 Å². The van der Waals surface area contributed by atoms with Crippen molar-refractivity contribution in [1.29, 1.82) is 0 Å². The lowest BCUT2D eigenvalue weighted by Gasteiger charge is -2.13. The molecule has 0 fully saturated rings. The molecule has 0 aromatic carbocycles. The number of terminal acetylenes is 1. The molecule has 0 radical (unpaired) electrons. The molecule has 0 saturated heterocycles. The zero-order chi connectivity index (χ0) is 13.5. The second-order valence-corrected chi connectivity index (χ2v) is 4.82. The van der Waals surface area contributed by atoms with Crippen molar-refractivity contribution in [1.82, 2.24) is 10.3 Å². The molecular formula is C12H18N4OS. The summed E-state index contributed by atoms with van der Waals surface area (Å²) in [5.74, 6) is 2.53. The van der Waals surface area contributed by atoms with Crippen molar-refractivity contribution < 1.29 is 4.79 Å². The number of nitrogens with one attached hydrogen (secondary N) is 1. The van der Waals surface area contributed by atoms with Gasteiger partial charge in [0, 0.05) is 26.6 Å². The zero-order valence-electron chi connectivity index (χ0n) is 10.7. The molecule has 1 heterocycles. The van der Waals surface area contributed by atoms with Crippen LogP contribution in [0, 0.1) is 12.3 Å². The molecule has 0 aliphatic carbocycles. The monoisotopic (exact) mass is 266 g/mol. The average molecular weight is 266 g/mol. The zero-order valence-corrected chi connectivity index (χ0v) is 11.5. The van der Waals surface area contributed by atoms with Gasteiger partial charge in [0.15, 0.2) is 5.13 Å². The summed E-state index contributed by atoms with van der Waals surface area (Å²) in [6.45, 7) is 3.42. The lowest BCUT2D eigenvalue weighted by molar-refractivity contribution is 0.0959. The lowest BCUT2D eigenvalue weighted by Crippen LogP contribution is -2.24. The molecule has 1 rings (SSSR count). The molecule has 0 unspecified atom stereocenters. The number of nitrogen functional groups attached to an aromatic ring is 1. The Balaban J connectivity index is 2.72. The quantitative estimate of drug-likeness (QED) is 0.602. The van der Waals surface area contributed by atoms with E-state index in [9.17, 15) is 4.79 Å². The Morgan fingerprint density at radius 3 is 3.00 bits per heavy atom. The van der Waals surface area contributed by atoms with Crippen molar-refractivity contribution in [2.24, 2.45) is 0 Å². The van der Waals surface area contributed by atoms with Gasteiger partial charge in [0.25, 0.3) is 5.91 Å². The maximum absolute atomic E-state index is 11.8. The molecule has 0 atom stereocenters. The number of nitrogens with two attached hydrogens (primary N) is 1. The van der Waals surface area contributed by atoms with Gasteiger partial charge in [0.2, 0.25) is 0 Å². The van der Waals surface area contributed by atoms with Gasteiger partial charge in [-0.1, -0.05) is 18.3 Å².